The molecule has 40 heteroatoms. The van der Waals surface area contributed by atoms with E-state index in [-0.39, 0.29) is 75.7 Å². The van der Waals surface area contributed by atoms with E-state index in [0.29, 0.717) is 57.9 Å². The van der Waals surface area contributed by atoms with Gasteiger partial charge in [0.2, 0.25) is 35.4 Å². The van der Waals surface area contributed by atoms with Crippen LogP contribution in [0.2, 0.25) is 0 Å². The molecular weight excluding hydrogens is 1360 g/mol. The number of nitrogens with zero attached hydrogens (tertiary/aromatic N) is 2. The molecular formula is C61H109N7O33. The number of ketones is 1. The third kappa shape index (κ3) is 28.4. The number of hydrogen-bond acceptors (Lipinski definition) is 35. The molecule has 586 valence electrons. The summed E-state index contributed by atoms with van der Waals surface area (Å²) in [7, 11) is 3.08. The van der Waals surface area contributed by atoms with E-state index in [1.807, 2.05) is 6.92 Å². The number of Topliss-reactive ketones (excluding diaryl/α,β-unsaturated/α-hetero) is 1. The Kier molecular flexibility index (Phi) is 40.4. The van der Waals surface area contributed by atoms with E-state index in [2.05, 4.69) is 26.6 Å². The third-order valence-corrected chi connectivity index (χ3v) is 17.0. The fraction of sp³-hybridized carbons (Fsp3) is 0.885. The van der Waals surface area contributed by atoms with Crippen LogP contribution in [0.25, 0.3) is 0 Å². The molecule has 0 spiro atoms. The minimum Gasteiger partial charge on any atom is -0.394 e. The van der Waals surface area contributed by atoms with E-state index in [9.17, 15) is 115 Å². The van der Waals surface area contributed by atoms with Gasteiger partial charge >= 0.3 is 0 Å². The number of aliphatic hydroxyl groups is 16. The van der Waals surface area contributed by atoms with Crippen LogP contribution in [0.3, 0.4) is 0 Å². The number of amides is 6. The van der Waals surface area contributed by atoms with Crippen LogP contribution < -0.4 is 26.6 Å². The van der Waals surface area contributed by atoms with E-state index in [0.717, 1.165) is 4.90 Å². The Hall–Kier alpha value is -4.43. The van der Waals surface area contributed by atoms with Crippen molar-refractivity contribution in [2.75, 3.05) is 106 Å². The van der Waals surface area contributed by atoms with E-state index in [4.69, 9.17) is 47.4 Å². The van der Waals surface area contributed by atoms with Gasteiger partial charge in [-0.05, 0) is 59.9 Å². The van der Waals surface area contributed by atoms with Gasteiger partial charge in [0.25, 0.3) is 0 Å². The van der Waals surface area contributed by atoms with Crippen LogP contribution in [0.5, 0.6) is 0 Å². The normalized spacial score (nSPS) is 34.3. The molecule has 6 amide bonds. The van der Waals surface area contributed by atoms with Crippen molar-refractivity contribution in [3.8, 4) is 0 Å². The molecule has 25 atom stereocenters. The highest BCUT2D eigenvalue weighted by atomic mass is 16.8. The Balaban J connectivity index is 0.000000622. The van der Waals surface area contributed by atoms with Crippen molar-refractivity contribution in [1.82, 2.24) is 36.4 Å². The van der Waals surface area contributed by atoms with Crippen molar-refractivity contribution >= 4 is 41.2 Å². The Morgan fingerprint density at radius 3 is 1.34 bits per heavy atom. The second-order valence-corrected chi connectivity index (χ2v) is 25.0. The number of nitrogens with one attached hydrogen (secondary N) is 5. The number of carbonyl (C=O) groups excluding carboxylic acids is 7. The van der Waals surface area contributed by atoms with Gasteiger partial charge in [0.05, 0.1) is 78.0 Å². The molecule has 101 heavy (non-hydrogen) atoms. The molecule has 0 saturated carbocycles. The highest BCUT2D eigenvalue weighted by Crippen LogP contribution is 2.32. The summed E-state index contributed by atoms with van der Waals surface area (Å²) in [5.41, 5.74) is 0. The molecule has 5 heterocycles. The lowest BCUT2D eigenvalue weighted by atomic mass is 9.96. The van der Waals surface area contributed by atoms with Crippen LogP contribution in [0.15, 0.2) is 0 Å². The third-order valence-electron chi connectivity index (χ3n) is 17.0. The maximum Gasteiger partial charge on any atom is 0.242 e. The van der Waals surface area contributed by atoms with Crippen molar-refractivity contribution in [3.63, 3.8) is 0 Å². The van der Waals surface area contributed by atoms with Crippen LogP contribution >= 0.6 is 0 Å². The quantitative estimate of drug-likeness (QED) is 0.0253. The molecule has 0 unspecified atom stereocenters. The molecule has 40 nitrogen and oxygen atoms in total. The van der Waals surface area contributed by atoms with Crippen LogP contribution in [0.1, 0.15) is 85.0 Å². The van der Waals surface area contributed by atoms with E-state index in [1.165, 1.54) is 18.9 Å². The standard InChI is InChI=1S/C42H75N5O25.C19H34N2O8/c1-3-43-23(50)7-5-4-6-8-44-24(51)13-47(14-25(52)45-9-11-65-39-34(61)31(58)27(54)19(2)68-39)15-26(53)46-10-12-66-41-37(64)38(72-42-36(63)33(60)29(56)21(17-49)70-42)30(57)22(71-41)18-67-40-35(62)32(59)28(55)20(16-48)69-40;1-12-16(25)17(26)18(27)19(29-12)28-10-6-8-13(22)7-4-5-9-14(23)21(3)15(24)11-20-2/h19-22,27-42,48-49,54-64H,3-18H2,1-2H3,(H,43,50)(H,44,51)(H,45,52)(H,46,53);12,16-20,25-27H,4-11H2,1-3H3/t19-,20+,21+,22+,27+,28+,29+,30+,31+,32-,33-,34-,35-,36-,37-,38-,39+,40-,41+,42+;12-,16+,17+,18-,19+/m00/s1. The van der Waals surface area contributed by atoms with E-state index < -0.39 is 217 Å². The van der Waals surface area contributed by atoms with Gasteiger partial charge in [-0.25, -0.2) is 0 Å². The SMILES string of the molecule is CCNC(=O)CCCCCNC(=O)CN(CC(=O)NCCO[C@@H]1O[C@@H](C)[C@@H](O)[C@@H](O)[C@@H]1O)CC(=O)NCCO[C@@H]1O[C@H](CO[C@H]2O[C@H](CO)[C@@H](O)[C@H](O)[C@@H]2O)[C@@H](O)[C@H](O[C@H]2O[C@H](CO)[C@@H](O)[C@H](O)[C@@H]2O)[C@@H]1O.CNCC(=O)N(C)C(=O)CCCCC(=O)CCCO[C@@H]1O[C@@H](C)[C@@H](O)[C@@H](O)[C@@H]1O. The lowest BCUT2D eigenvalue weighted by molar-refractivity contribution is -0.366. The molecule has 5 rings (SSSR count). The van der Waals surface area contributed by atoms with Crippen LogP contribution in [-0.4, -0.2) is 392 Å². The molecule has 21 N–H and O–H groups in total. The van der Waals surface area contributed by atoms with Crippen molar-refractivity contribution in [1.29, 1.82) is 0 Å². The first-order valence-electron chi connectivity index (χ1n) is 33.8. The van der Waals surface area contributed by atoms with Gasteiger partial charge in [0.15, 0.2) is 31.5 Å². The van der Waals surface area contributed by atoms with Crippen LogP contribution in [-0.2, 0) is 80.9 Å². The largest absolute Gasteiger partial charge is 0.394 e. The summed E-state index contributed by atoms with van der Waals surface area (Å²) in [5, 5.41) is 176. The molecule has 0 aromatic heterocycles. The number of rotatable bonds is 40. The van der Waals surface area contributed by atoms with Crippen molar-refractivity contribution < 1.29 is 163 Å². The van der Waals surface area contributed by atoms with Gasteiger partial charge in [0.1, 0.15) is 116 Å². The Labute approximate surface area is 583 Å². The number of aliphatic hydroxyl groups excluding tert-OH is 16. The lowest BCUT2D eigenvalue weighted by Crippen LogP contribution is -2.65. The Morgan fingerprint density at radius 2 is 0.832 bits per heavy atom. The van der Waals surface area contributed by atoms with E-state index >= 15 is 0 Å². The zero-order valence-electron chi connectivity index (χ0n) is 57.4. The molecule has 5 saturated heterocycles. The van der Waals surface area contributed by atoms with Gasteiger partial charge in [0, 0.05) is 58.9 Å². The molecule has 0 aromatic rings. The number of carbonyl (C=O) groups is 7. The predicted octanol–water partition coefficient (Wildman–Crippen LogP) is -11.4. The molecule has 0 radical (unpaired) electrons. The molecule has 5 aliphatic rings. The fourth-order valence-electron chi connectivity index (χ4n) is 10.9. The van der Waals surface area contributed by atoms with Crippen molar-refractivity contribution in [2.45, 2.75) is 239 Å². The smallest absolute Gasteiger partial charge is 0.242 e. The summed E-state index contributed by atoms with van der Waals surface area (Å²) in [6.07, 6.45) is -34.1. The highest BCUT2D eigenvalue weighted by molar-refractivity contribution is 5.95. The molecule has 0 aromatic carbocycles. The van der Waals surface area contributed by atoms with Gasteiger partial charge in [-0.3, -0.25) is 43.4 Å². The molecule has 5 aliphatic heterocycles. The van der Waals surface area contributed by atoms with Crippen LogP contribution in [0, 0.1) is 0 Å². The van der Waals surface area contributed by atoms with Crippen molar-refractivity contribution in [3.05, 3.63) is 0 Å². The first-order chi connectivity index (χ1) is 47.9. The van der Waals surface area contributed by atoms with Crippen molar-refractivity contribution in [2.24, 2.45) is 0 Å². The number of likely N-dealkylation sites (N-methyl/N-ethyl adjacent to an activating group) is 2. The minimum atomic E-state index is -1.97. The highest BCUT2D eigenvalue weighted by Gasteiger charge is 2.53. The first kappa shape index (κ1) is 89.0. The molecule has 0 bridgehead atoms. The minimum absolute atomic E-state index is 0.0367. The summed E-state index contributed by atoms with van der Waals surface area (Å²) >= 11 is 0. The number of unbranched alkanes of at least 4 members (excludes halogenated alkanes) is 3. The monoisotopic (exact) mass is 1470 g/mol. The summed E-state index contributed by atoms with van der Waals surface area (Å²) < 4.78 is 54.9. The second-order valence-electron chi connectivity index (χ2n) is 25.0. The van der Waals surface area contributed by atoms with Crippen LogP contribution in [0.4, 0.5) is 0 Å². The first-order valence-corrected chi connectivity index (χ1v) is 33.8. The summed E-state index contributed by atoms with van der Waals surface area (Å²) in [4.78, 5) is 88.6. The topological polar surface area (TPSA) is 602 Å². The van der Waals surface area contributed by atoms with Gasteiger partial charge in [-0.15, -0.1) is 0 Å². The Morgan fingerprint density at radius 1 is 0.406 bits per heavy atom. The number of imide groups is 1. The average Bonchev–Trinajstić information content (AvgIpc) is 0.790. The summed E-state index contributed by atoms with van der Waals surface area (Å²) in [6, 6.07) is 0. The van der Waals surface area contributed by atoms with E-state index in [1.54, 1.807) is 14.0 Å². The molecule has 5 fully saturated rings. The zero-order valence-corrected chi connectivity index (χ0v) is 57.4. The maximum absolute atomic E-state index is 13.2. The Bertz CT molecular complexity index is 2470. The molecule has 0 aliphatic carbocycles. The average molecular weight is 1470 g/mol. The number of hydrogen-bond donors (Lipinski definition) is 21. The van der Waals surface area contributed by atoms with Gasteiger partial charge in [-0.2, -0.15) is 0 Å². The summed E-state index contributed by atoms with van der Waals surface area (Å²) in [5.74, 6) is -2.48. The zero-order chi connectivity index (χ0) is 75.2. The van der Waals surface area contributed by atoms with Gasteiger partial charge < -0.3 is 156 Å². The summed E-state index contributed by atoms with van der Waals surface area (Å²) in [6.45, 7) is 1.10. The fourth-order valence-corrected chi connectivity index (χ4v) is 10.9. The van der Waals surface area contributed by atoms with Gasteiger partial charge in [-0.1, -0.05) is 6.42 Å². The maximum atomic E-state index is 13.2. The predicted molar refractivity (Wildman–Crippen MR) is 339 cm³/mol. The number of ether oxygens (including phenoxy) is 10. The lowest BCUT2D eigenvalue weighted by Gasteiger charge is -2.46. The second kappa shape index (κ2) is 45.8.